The number of imide groups is 1. The number of piperidine rings is 1. The maximum Gasteiger partial charge on any atom is 0.243 e. The van der Waals surface area contributed by atoms with Crippen LogP contribution in [0.15, 0.2) is 29.2 Å². The first kappa shape index (κ1) is 20.5. The molecule has 1 aromatic rings. The first-order chi connectivity index (χ1) is 13.4. The zero-order valence-electron chi connectivity index (χ0n) is 15.7. The molecule has 2 fully saturated rings. The van der Waals surface area contributed by atoms with Gasteiger partial charge < -0.3 is 5.32 Å². The van der Waals surface area contributed by atoms with Gasteiger partial charge in [-0.05, 0) is 43.5 Å². The molecular weight excluding hydrogens is 382 g/mol. The number of hydrogen-bond donors (Lipinski definition) is 1. The van der Waals surface area contributed by atoms with Crippen molar-refractivity contribution in [2.75, 3.05) is 25.0 Å². The Bertz CT molecular complexity index is 829. The third-order valence-corrected chi connectivity index (χ3v) is 6.94. The Morgan fingerprint density at radius 3 is 2.18 bits per heavy atom. The summed E-state index contributed by atoms with van der Waals surface area (Å²) in [5.74, 6) is -0.613. The fourth-order valence-corrected chi connectivity index (χ4v) is 4.98. The van der Waals surface area contributed by atoms with E-state index in [1.807, 2.05) is 0 Å². The maximum atomic E-state index is 12.6. The van der Waals surface area contributed by atoms with Crippen LogP contribution in [0.25, 0.3) is 0 Å². The predicted octanol–water partition coefficient (Wildman–Crippen LogP) is 1.73. The van der Waals surface area contributed by atoms with Crippen LogP contribution in [0.2, 0.25) is 0 Å². The zero-order valence-corrected chi connectivity index (χ0v) is 16.5. The summed E-state index contributed by atoms with van der Waals surface area (Å²) in [5.41, 5.74) is 0.510. The second-order valence-electron chi connectivity index (χ2n) is 7.08. The van der Waals surface area contributed by atoms with Crippen LogP contribution in [0.5, 0.6) is 0 Å². The highest BCUT2D eigenvalue weighted by Crippen LogP contribution is 2.22. The average Bonchev–Trinajstić information content (AvgIpc) is 3.01. The van der Waals surface area contributed by atoms with Gasteiger partial charge in [0.15, 0.2) is 0 Å². The Kier molecular flexibility index (Phi) is 6.46. The highest BCUT2D eigenvalue weighted by atomic mass is 32.2. The summed E-state index contributed by atoms with van der Waals surface area (Å²) >= 11 is 0. The Morgan fingerprint density at radius 1 is 0.964 bits per heavy atom. The van der Waals surface area contributed by atoms with E-state index in [1.54, 1.807) is 12.1 Å². The average molecular weight is 407 g/mol. The van der Waals surface area contributed by atoms with Gasteiger partial charge in [0.05, 0.1) is 4.90 Å². The lowest BCUT2D eigenvalue weighted by Gasteiger charge is -2.25. The normalized spacial score (nSPS) is 18.5. The maximum absolute atomic E-state index is 12.6. The Balaban J connectivity index is 1.50. The van der Waals surface area contributed by atoms with Gasteiger partial charge in [-0.25, -0.2) is 8.42 Å². The molecule has 0 aliphatic carbocycles. The molecule has 2 heterocycles. The smallest absolute Gasteiger partial charge is 0.243 e. The zero-order chi connectivity index (χ0) is 20.1. The van der Waals surface area contributed by atoms with E-state index >= 15 is 0 Å². The molecule has 0 bridgehead atoms. The molecule has 9 heteroatoms. The quantitative estimate of drug-likeness (QED) is 0.693. The van der Waals surface area contributed by atoms with Crippen LogP contribution < -0.4 is 5.32 Å². The fraction of sp³-hybridized carbons (Fsp3) is 0.526. The molecule has 2 aliphatic heterocycles. The molecule has 0 radical (unpaired) electrons. The molecular formula is C19H25N3O5S. The summed E-state index contributed by atoms with van der Waals surface area (Å²) < 4.78 is 26.7. The van der Waals surface area contributed by atoms with Crippen molar-refractivity contribution < 1.29 is 22.8 Å². The number of likely N-dealkylation sites (tertiary alicyclic amines) is 1. The van der Waals surface area contributed by atoms with Crippen LogP contribution in [0.4, 0.5) is 5.69 Å². The van der Waals surface area contributed by atoms with Gasteiger partial charge in [-0.3, -0.25) is 19.3 Å². The monoisotopic (exact) mass is 407 g/mol. The number of rotatable bonds is 7. The summed E-state index contributed by atoms with van der Waals surface area (Å²) in [7, 11) is -3.49. The molecule has 3 amide bonds. The van der Waals surface area contributed by atoms with Gasteiger partial charge in [0.1, 0.15) is 0 Å². The van der Waals surface area contributed by atoms with Crippen LogP contribution in [0.3, 0.4) is 0 Å². The molecule has 0 aromatic heterocycles. The Morgan fingerprint density at radius 2 is 1.57 bits per heavy atom. The molecule has 2 aliphatic rings. The van der Waals surface area contributed by atoms with E-state index in [2.05, 4.69) is 5.32 Å². The van der Waals surface area contributed by atoms with Crippen molar-refractivity contribution in [3.05, 3.63) is 24.3 Å². The third kappa shape index (κ3) is 4.77. The van der Waals surface area contributed by atoms with E-state index in [0.717, 1.165) is 19.3 Å². The molecule has 8 nitrogen and oxygen atoms in total. The molecule has 0 atom stereocenters. The van der Waals surface area contributed by atoms with Crippen molar-refractivity contribution in [1.82, 2.24) is 9.21 Å². The minimum absolute atomic E-state index is 0.172. The third-order valence-electron chi connectivity index (χ3n) is 5.03. The predicted molar refractivity (Wildman–Crippen MR) is 103 cm³/mol. The highest BCUT2D eigenvalue weighted by molar-refractivity contribution is 7.89. The number of hydrogen-bond acceptors (Lipinski definition) is 5. The first-order valence-corrected chi connectivity index (χ1v) is 11.1. The minimum atomic E-state index is -3.49. The Hall–Kier alpha value is -2.26. The van der Waals surface area contributed by atoms with Crippen molar-refractivity contribution in [1.29, 1.82) is 0 Å². The van der Waals surface area contributed by atoms with Crippen LogP contribution in [0.1, 0.15) is 44.9 Å². The number of anilines is 1. The number of carbonyl (C=O) groups is 3. The van der Waals surface area contributed by atoms with Crippen molar-refractivity contribution in [3.63, 3.8) is 0 Å². The van der Waals surface area contributed by atoms with Gasteiger partial charge in [0, 0.05) is 44.6 Å². The van der Waals surface area contributed by atoms with Crippen LogP contribution in [-0.4, -0.2) is 55.0 Å². The van der Waals surface area contributed by atoms with E-state index in [4.69, 9.17) is 0 Å². The second kappa shape index (κ2) is 8.83. The van der Waals surface area contributed by atoms with Crippen molar-refractivity contribution in [2.45, 2.75) is 49.8 Å². The minimum Gasteiger partial charge on any atom is -0.326 e. The Labute approximate surface area is 164 Å². The van der Waals surface area contributed by atoms with Crippen molar-refractivity contribution in [2.24, 2.45) is 0 Å². The van der Waals surface area contributed by atoms with Gasteiger partial charge in [0.25, 0.3) is 0 Å². The van der Waals surface area contributed by atoms with E-state index in [9.17, 15) is 22.8 Å². The van der Waals surface area contributed by atoms with E-state index in [1.165, 1.54) is 21.3 Å². The molecule has 0 saturated carbocycles. The largest absolute Gasteiger partial charge is 0.326 e. The molecule has 2 saturated heterocycles. The second-order valence-corrected chi connectivity index (χ2v) is 9.02. The molecule has 0 spiro atoms. The van der Waals surface area contributed by atoms with Crippen molar-refractivity contribution >= 4 is 33.4 Å². The van der Waals surface area contributed by atoms with Crippen LogP contribution in [0, 0.1) is 0 Å². The van der Waals surface area contributed by atoms with Crippen LogP contribution in [-0.2, 0) is 24.4 Å². The van der Waals surface area contributed by atoms with Gasteiger partial charge in [-0.2, -0.15) is 4.31 Å². The van der Waals surface area contributed by atoms with Gasteiger partial charge in [0.2, 0.25) is 27.7 Å². The van der Waals surface area contributed by atoms with E-state index in [0.29, 0.717) is 25.2 Å². The number of carbonyl (C=O) groups excluding carboxylic acids is 3. The number of amides is 3. The lowest BCUT2D eigenvalue weighted by Crippen LogP contribution is -2.35. The fourth-order valence-electron chi connectivity index (χ4n) is 3.46. The van der Waals surface area contributed by atoms with Crippen LogP contribution >= 0.6 is 0 Å². The molecule has 1 aromatic carbocycles. The summed E-state index contributed by atoms with van der Waals surface area (Å²) in [6.07, 6.45) is 3.87. The van der Waals surface area contributed by atoms with Gasteiger partial charge >= 0.3 is 0 Å². The number of sulfonamides is 1. The SMILES string of the molecule is O=C(CCCN1C(=O)CCC1=O)Nc1ccc(S(=O)(=O)N2CCCCC2)cc1. The van der Waals surface area contributed by atoms with Gasteiger partial charge in [-0.15, -0.1) is 0 Å². The standard InChI is InChI=1S/C19H25N3O5S/c23-17(5-4-14-22-18(24)10-11-19(22)25)20-15-6-8-16(9-7-15)28(26,27)21-12-2-1-3-13-21/h6-9H,1-5,10-14H2,(H,20,23). The number of nitrogens with zero attached hydrogens (tertiary/aromatic N) is 2. The lowest BCUT2D eigenvalue weighted by atomic mass is 10.2. The summed E-state index contributed by atoms with van der Waals surface area (Å²) in [6.45, 7) is 1.34. The van der Waals surface area contributed by atoms with E-state index in [-0.39, 0.29) is 48.4 Å². The molecule has 28 heavy (non-hydrogen) atoms. The molecule has 3 rings (SSSR count). The molecule has 1 N–H and O–H groups in total. The summed E-state index contributed by atoms with van der Waals surface area (Å²) in [6, 6.07) is 6.15. The van der Waals surface area contributed by atoms with Crippen molar-refractivity contribution in [3.8, 4) is 0 Å². The topological polar surface area (TPSA) is 104 Å². The van der Waals surface area contributed by atoms with Gasteiger partial charge in [-0.1, -0.05) is 6.42 Å². The summed E-state index contributed by atoms with van der Waals surface area (Å²) in [4.78, 5) is 36.5. The number of benzene rings is 1. The molecule has 0 unspecified atom stereocenters. The summed E-state index contributed by atoms with van der Waals surface area (Å²) in [5, 5.41) is 2.71. The van der Waals surface area contributed by atoms with E-state index < -0.39 is 10.0 Å². The molecule has 152 valence electrons. The number of nitrogens with one attached hydrogen (secondary N) is 1. The first-order valence-electron chi connectivity index (χ1n) is 9.61. The lowest BCUT2D eigenvalue weighted by molar-refractivity contribution is -0.138. The highest BCUT2D eigenvalue weighted by Gasteiger charge is 2.28.